The Hall–Kier alpha value is -0.640. The van der Waals surface area contributed by atoms with Crippen molar-refractivity contribution < 1.29 is 4.79 Å². The van der Waals surface area contributed by atoms with Crippen molar-refractivity contribution in [1.29, 1.82) is 0 Å². The van der Waals surface area contributed by atoms with Crippen molar-refractivity contribution in [3.05, 3.63) is 0 Å². The normalized spacial score (nSPS) is 9.18. The third-order valence-corrected chi connectivity index (χ3v) is 1.40. The summed E-state index contributed by atoms with van der Waals surface area (Å²) < 4.78 is 0. The zero-order chi connectivity index (χ0) is 8.69. The summed E-state index contributed by atoms with van der Waals surface area (Å²) in [7, 11) is 0. The molecule has 0 fully saturated rings. The van der Waals surface area contributed by atoms with Gasteiger partial charge in [0.25, 0.3) is 0 Å². The van der Waals surface area contributed by atoms with Gasteiger partial charge in [0.2, 0.25) is 0 Å². The highest BCUT2D eigenvalue weighted by Crippen LogP contribution is 1.93. The number of hydrogen-bond acceptors (Lipinski definition) is 2. The van der Waals surface area contributed by atoms with Crippen LogP contribution < -0.4 is 11.1 Å². The Kier molecular flexibility index (Phi) is 5.74. The lowest BCUT2D eigenvalue weighted by Gasteiger charge is -2.01. The van der Waals surface area contributed by atoms with E-state index < -0.39 is 0 Å². The van der Waals surface area contributed by atoms with Crippen molar-refractivity contribution in [2.24, 2.45) is 5.73 Å². The van der Waals surface area contributed by atoms with Crippen molar-refractivity contribution >= 4 is 23.1 Å². The van der Waals surface area contributed by atoms with Crippen molar-refractivity contribution in [3.8, 4) is 0 Å². The van der Waals surface area contributed by atoms with E-state index >= 15 is 0 Å². The van der Waals surface area contributed by atoms with Gasteiger partial charge in [0, 0.05) is 13.0 Å². The monoisotopic (exact) mass is 174 g/mol. The molecule has 0 bridgehead atoms. The maximum Gasteiger partial charge on any atom is 0.163 e. The van der Waals surface area contributed by atoms with Gasteiger partial charge in [0.05, 0.1) is 0 Å². The van der Waals surface area contributed by atoms with Gasteiger partial charge in [0.1, 0.15) is 5.78 Å². The molecular weight excluding hydrogens is 160 g/mol. The van der Waals surface area contributed by atoms with Crippen molar-refractivity contribution in [2.75, 3.05) is 6.54 Å². The highest BCUT2D eigenvalue weighted by molar-refractivity contribution is 7.80. The van der Waals surface area contributed by atoms with E-state index in [1.54, 1.807) is 6.92 Å². The topological polar surface area (TPSA) is 55.1 Å². The number of carbonyl (C=O) groups excluding carboxylic acids is 1. The minimum Gasteiger partial charge on any atom is -0.376 e. The van der Waals surface area contributed by atoms with Gasteiger partial charge in [-0.1, -0.05) is 0 Å². The van der Waals surface area contributed by atoms with Gasteiger partial charge in [-0.05, 0) is 32.0 Å². The number of unbranched alkanes of at least 4 members (excludes halogenated alkanes) is 1. The Morgan fingerprint density at radius 1 is 1.55 bits per heavy atom. The lowest BCUT2D eigenvalue weighted by atomic mass is 10.2. The number of Topliss-reactive ketones (excluding diaryl/α,β-unsaturated/α-hetero) is 1. The van der Waals surface area contributed by atoms with Crippen LogP contribution in [0.1, 0.15) is 26.2 Å². The van der Waals surface area contributed by atoms with Gasteiger partial charge < -0.3 is 15.8 Å². The van der Waals surface area contributed by atoms with E-state index in [-0.39, 0.29) is 5.78 Å². The molecule has 0 spiro atoms. The molecule has 0 rings (SSSR count). The SMILES string of the molecule is CC(=O)CCCCNC(N)=S. The fraction of sp³-hybridized carbons (Fsp3) is 0.714. The smallest absolute Gasteiger partial charge is 0.163 e. The van der Waals surface area contributed by atoms with Crippen LogP contribution in [0.2, 0.25) is 0 Å². The van der Waals surface area contributed by atoms with Crippen LogP contribution in [0.15, 0.2) is 0 Å². The molecule has 0 heterocycles. The summed E-state index contributed by atoms with van der Waals surface area (Å²) in [5.41, 5.74) is 5.19. The summed E-state index contributed by atoms with van der Waals surface area (Å²) in [4.78, 5) is 10.5. The van der Waals surface area contributed by atoms with Crippen LogP contribution in [0, 0.1) is 0 Å². The molecule has 0 aliphatic carbocycles. The molecule has 0 aromatic heterocycles. The number of nitrogens with two attached hydrogens (primary N) is 1. The Bertz CT molecular complexity index is 131. The molecule has 0 saturated heterocycles. The fourth-order valence-corrected chi connectivity index (χ4v) is 0.813. The number of carbonyl (C=O) groups is 1. The van der Waals surface area contributed by atoms with Crippen molar-refractivity contribution in [2.45, 2.75) is 26.2 Å². The van der Waals surface area contributed by atoms with E-state index in [2.05, 4.69) is 17.5 Å². The first-order chi connectivity index (χ1) is 5.13. The largest absolute Gasteiger partial charge is 0.376 e. The van der Waals surface area contributed by atoms with Gasteiger partial charge in [-0.25, -0.2) is 0 Å². The van der Waals surface area contributed by atoms with E-state index in [1.165, 1.54) is 0 Å². The van der Waals surface area contributed by atoms with Crippen LogP contribution in [0.25, 0.3) is 0 Å². The molecular formula is C7H14N2OS. The van der Waals surface area contributed by atoms with E-state index in [9.17, 15) is 4.79 Å². The molecule has 0 aliphatic rings. The molecule has 0 unspecified atom stereocenters. The number of ketones is 1. The average Bonchev–Trinajstić information content (AvgIpc) is 1.85. The number of thiocarbonyl (C=S) groups is 1. The maximum absolute atomic E-state index is 10.5. The molecule has 0 radical (unpaired) electrons. The molecule has 11 heavy (non-hydrogen) atoms. The van der Waals surface area contributed by atoms with Crippen LogP contribution >= 0.6 is 12.2 Å². The molecule has 64 valence electrons. The van der Waals surface area contributed by atoms with Gasteiger partial charge in [-0.15, -0.1) is 0 Å². The van der Waals surface area contributed by atoms with E-state index in [0.717, 1.165) is 19.4 Å². The van der Waals surface area contributed by atoms with Gasteiger partial charge >= 0.3 is 0 Å². The van der Waals surface area contributed by atoms with Gasteiger partial charge in [-0.3, -0.25) is 0 Å². The quantitative estimate of drug-likeness (QED) is 0.473. The molecule has 4 heteroatoms. The summed E-state index contributed by atoms with van der Waals surface area (Å²) >= 11 is 4.60. The summed E-state index contributed by atoms with van der Waals surface area (Å²) in [6.07, 6.45) is 2.50. The third kappa shape index (κ3) is 9.36. The zero-order valence-electron chi connectivity index (χ0n) is 6.72. The van der Waals surface area contributed by atoms with Crippen LogP contribution in [0.3, 0.4) is 0 Å². The van der Waals surface area contributed by atoms with Crippen LogP contribution in [0.4, 0.5) is 0 Å². The summed E-state index contributed by atoms with van der Waals surface area (Å²) in [6.45, 7) is 2.36. The lowest BCUT2D eigenvalue weighted by Crippen LogP contribution is -2.29. The molecule has 0 atom stereocenters. The highest BCUT2D eigenvalue weighted by atomic mass is 32.1. The number of nitrogens with one attached hydrogen (secondary N) is 1. The second-order valence-electron chi connectivity index (χ2n) is 2.45. The molecule has 0 saturated carbocycles. The first-order valence-electron chi connectivity index (χ1n) is 3.65. The Labute approximate surface area is 72.3 Å². The van der Waals surface area contributed by atoms with Crippen LogP contribution in [0.5, 0.6) is 0 Å². The maximum atomic E-state index is 10.5. The Morgan fingerprint density at radius 3 is 2.64 bits per heavy atom. The van der Waals surface area contributed by atoms with Crippen molar-refractivity contribution in [1.82, 2.24) is 5.32 Å². The predicted molar refractivity (Wildman–Crippen MR) is 49.3 cm³/mol. The molecule has 0 amide bonds. The Morgan fingerprint density at radius 2 is 2.18 bits per heavy atom. The number of hydrogen-bond donors (Lipinski definition) is 2. The lowest BCUT2D eigenvalue weighted by molar-refractivity contribution is -0.117. The summed E-state index contributed by atoms with van der Waals surface area (Å²) in [5, 5.41) is 3.14. The van der Waals surface area contributed by atoms with Gasteiger partial charge in [-0.2, -0.15) is 0 Å². The first kappa shape index (κ1) is 10.4. The van der Waals surface area contributed by atoms with Crippen LogP contribution in [-0.2, 0) is 4.79 Å². The molecule has 3 N–H and O–H groups in total. The fourth-order valence-electron chi connectivity index (χ4n) is 0.711. The first-order valence-corrected chi connectivity index (χ1v) is 4.06. The minimum absolute atomic E-state index is 0.236. The number of rotatable bonds is 5. The zero-order valence-corrected chi connectivity index (χ0v) is 7.54. The third-order valence-electron chi connectivity index (χ3n) is 1.25. The van der Waals surface area contributed by atoms with E-state index in [4.69, 9.17) is 5.73 Å². The predicted octanol–water partition coefficient (Wildman–Crippen LogP) is 0.579. The molecule has 0 aromatic rings. The van der Waals surface area contributed by atoms with Crippen LogP contribution in [-0.4, -0.2) is 17.4 Å². The second-order valence-corrected chi connectivity index (χ2v) is 2.89. The van der Waals surface area contributed by atoms with E-state index in [0.29, 0.717) is 11.5 Å². The Balaban J connectivity index is 3.03. The molecule has 3 nitrogen and oxygen atoms in total. The summed E-state index contributed by atoms with van der Waals surface area (Å²) in [6, 6.07) is 0. The van der Waals surface area contributed by atoms with Crippen molar-refractivity contribution in [3.63, 3.8) is 0 Å². The average molecular weight is 174 g/mol. The van der Waals surface area contributed by atoms with Gasteiger partial charge in [0.15, 0.2) is 5.11 Å². The second kappa shape index (κ2) is 6.09. The highest BCUT2D eigenvalue weighted by Gasteiger charge is 1.93. The minimum atomic E-state index is 0.236. The molecule has 0 aliphatic heterocycles. The standard InChI is InChI=1S/C7H14N2OS/c1-6(10)4-2-3-5-9-7(8)11/h2-5H2,1H3,(H3,8,9,11). The summed E-state index contributed by atoms with van der Waals surface area (Å²) in [5.74, 6) is 0.236. The van der Waals surface area contributed by atoms with E-state index in [1.807, 2.05) is 0 Å². The molecule has 0 aromatic carbocycles.